The highest BCUT2D eigenvalue weighted by Gasteiger charge is 2.44. The summed E-state index contributed by atoms with van der Waals surface area (Å²) < 4.78 is 12.5. The molecule has 5 nitrogen and oxygen atoms in total. The van der Waals surface area contributed by atoms with Crippen LogP contribution in [0.25, 0.3) is 21.8 Å². The van der Waals surface area contributed by atoms with Gasteiger partial charge in [0, 0.05) is 35.1 Å². The van der Waals surface area contributed by atoms with Gasteiger partial charge in [-0.15, -0.1) is 0 Å². The van der Waals surface area contributed by atoms with Crippen LogP contribution in [0.5, 0.6) is 11.6 Å². The molecule has 4 aromatic rings. The zero-order valence-electron chi connectivity index (χ0n) is 20.8. The number of rotatable bonds is 6. The molecule has 7 rings (SSSR count). The first kappa shape index (κ1) is 22.3. The highest BCUT2D eigenvalue weighted by molar-refractivity contribution is 5.84. The SMILES string of the molecule is CC[C@@H]1CN2CC[C@H]1C[C@@H]2[C@@H](Oc1cc(C)c2ccccc2n1)c1ccnc2ccc(OC)cc12. The Bertz CT molecular complexity index is 1370. The average molecular weight is 468 g/mol. The molecule has 35 heavy (non-hydrogen) atoms. The van der Waals surface area contributed by atoms with Crippen molar-refractivity contribution in [3.63, 3.8) is 0 Å². The zero-order chi connectivity index (χ0) is 23.9. The van der Waals surface area contributed by atoms with Crippen molar-refractivity contribution in [2.45, 2.75) is 45.3 Å². The van der Waals surface area contributed by atoms with E-state index in [9.17, 15) is 0 Å². The molecule has 3 fully saturated rings. The van der Waals surface area contributed by atoms with Crippen molar-refractivity contribution in [2.24, 2.45) is 11.8 Å². The summed E-state index contributed by atoms with van der Waals surface area (Å²) in [5, 5.41) is 2.26. The highest BCUT2D eigenvalue weighted by atomic mass is 16.5. The van der Waals surface area contributed by atoms with Crippen LogP contribution in [0.4, 0.5) is 0 Å². The molecule has 5 atom stereocenters. The summed E-state index contributed by atoms with van der Waals surface area (Å²) in [6, 6.07) is 18.9. The van der Waals surface area contributed by atoms with Crippen molar-refractivity contribution < 1.29 is 9.47 Å². The van der Waals surface area contributed by atoms with Gasteiger partial charge in [-0.05, 0) is 74.0 Å². The van der Waals surface area contributed by atoms with Gasteiger partial charge in [0.1, 0.15) is 11.9 Å². The average Bonchev–Trinajstić information content (AvgIpc) is 2.91. The van der Waals surface area contributed by atoms with Crippen LogP contribution in [0.2, 0.25) is 0 Å². The second kappa shape index (κ2) is 9.12. The molecule has 0 N–H and O–H groups in total. The van der Waals surface area contributed by atoms with Gasteiger partial charge >= 0.3 is 0 Å². The van der Waals surface area contributed by atoms with Gasteiger partial charge in [0.2, 0.25) is 5.88 Å². The molecule has 2 aromatic carbocycles. The fourth-order valence-corrected chi connectivity index (χ4v) is 6.34. The Morgan fingerprint density at radius 1 is 1.06 bits per heavy atom. The van der Waals surface area contributed by atoms with Crippen molar-refractivity contribution in [1.29, 1.82) is 0 Å². The Balaban J connectivity index is 1.46. The van der Waals surface area contributed by atoms with E-state index in [-0.39, 0.29) is 6.10 Å². The number of pyridine rings is 2. The minimum Gasteiger partial charge on any atom is -0.497 e. The summed E-state index contributed by atoms with van der Waals surface area (Å²) in [6.07, 6.45) is 5.47. The molecular formula is C30H33N3O2. The molecule has 5 heteroatoms. The first-order chi connectivity index (χ1) is 17.1. The van der Waals surface area contributed by atoms with Crippen LogP contribution in [-0.2, 0) is 0 Å². The molecule has 3 aliphatic rings. The molecule has 2 bridgehead atoms. The number of aromatic nitrogens is 2. The largest absolute Gasteiger partial charge is 0.497 e. The molecule has 2 aromatic heterocycles. The number of para-hydroxylation sites is 1. The first-order valence-corrected chi connectivity index (χ1v) is 12.8. The summed E-state index contributed by atoms with van der Waals surface area (Å²) in [7, 11) is 1.71. The summed E-state index contributed by atoms with van der Waals surface area (Å²) in [4.78, 5) is 12.2. The van der Waals surface area contributed by atoms with E-state index in [1.54, 1.807) is 7.11 Å². The van der Waals surface area contributed by atoms with Crippen molar-refractivity contribution >= 4 is 21.8 Å². The van der Waals surface area contributed by atoms with Crippen molar-refractivity contribution in [2.75, 3.05) is 20.2 Å². The lowest BCUT2D eigenvalue weighted by atomic mass is 9.72. The number of fused-ring (bicyclic) bond motifs is 5. The fourth-order valence-electron chi connectivity index (χ4n) is 6.34. The van der Waals surface area contributed by atoms with E-state index < -0.39 is 0 Å². The van der Waals surface area contributed by atoms with Crippen LogP contribution in [-0.4, -0.2) is 41.1 Å². The third kappa shape index (κ3) is 4.02. The number of aryl methyl sites for hydroxylation is 1. The summed E-state index contributed by atoms with van der Waals surface area (Å²) >= 11 is 0. The third-order valence-electron chi connectivity index (χ3n) is 8.25. The predicted molar refractivity (Wildman–Crippen MR) is 140 cm³/mol. The number of methoxy groups -OCH3 is 1. The topological polar surface area (TPSA) is 47.5 Å². The van der Waals surface area contributed by atoms with Crippen LogP contribution < -0.4 is 9.47 Å². The second-order valence-electron chi connectivity index (χ2n) is 10.1. The number of hydrogen-bond acceptors (Lipinski definition) is 5. The van der Waals surface area contributed by atoms with E-state index in [2.05, 4.69) is 60.1 Å². The molecule has 0 amide bonds. The molecular weight excluding hydrogens is 434 g/mol. The van der Waals surface area contributed by atoms with E-state index in [1.807, 2.05) is 24.4 Å². The number of nitrogens with zero attached hydrogens (tertiary/aromatic N) is 3. The van der Waals surface area contributed by atoms with Gasteiger partial charge in [0.05, 0.1) is 24.2 Å². The van der Waals surface area contributed by atoms with Crippen LogP contribution in [0.15, 0.2) is 60.8 Å². The molecule has 180 valence electrons. The van der Waals surface area contributed by atoms with Gasteiger partial charge in [0.15, 0.2) is 0 Å². The molecule has 0 saturated carbocycles. The monoisotopic (exact) mass is 467 g/mol. The maximum atomic E-state index is 6.91. The van der Waals surface area contributed by atoms with Gasteiger partial charge < -0.3 is 9.47 Å². The Labute approximate surface area is 207 Å². The lowest BCUT2D eigenvalue weighted by Gasteiger charge is -2.51. The van der Waals surface area contributed by atoms with E-state index in [0.717, 1.165) is 59.1 Å². The van der Waals surface area contributed by atoms with Crippen LogP contribution in [0.1, 0.15) is 43.4 Å². The van der Waals surface area contributed by atoms with Crippen molar-refractivity contribution in [3.05, 3.63) is 71.9 Å². The number of piperidine rings is 3. The fraction of sp³-hybridized carbons (Fsp3) is 0.400. The normalized spacial score (nSPS) is 24.5. The Hall–Kier alpha value is -3.18. The maximum absolute atomic E-state index is 6.91. The molecule has 3 aliphatic heterocycles. The predicted octanol–water partition coefficient (Wildman–Crippen LogP) is 6.34. The maximum Gasteiger partial charge on any atom is 0.214 e. The number of hydrogen-bond donors (Lipinski definition) is 0. The molecule has 0 radical (unpaired) electrons. The second-order valence-corrected chi connectivity index (χ2v) is 10.1. The van der Waals surface area contributed by atoms with E-state index in [4.69, 9.17) is 14.5 Å². The van der Waals surface area contributed by atoms with E-state index in [0.29, 0.717) is 11.9 Å². The summed E-state index contributed by atoms with van der Waals surface area (Å²) in [6.45, 7) is 6.76. The van der Waals surface area contributed by atoms with Gasteiger partial charge in [-0.25, -0.2) is 4.98 Å². The quantitative estimate of drug-likeness (QED) is 0.331. The first-order valence-electron chi connectivity index (χ1n) is 12.8. The van der Waals surface area contributed by atoms with Gasteiger partial charge in [-0.1, -0.05) is 31.5 Å². The summed E-state index contributed by atoms with van der Waals surface area (Å²) in [5.74, 6) is 3.07. The van der Waals surface area contributed by atoms with E-state index in [1.165, 1.54) is 23.8 Å². The molecule has 5 heterocycles. The van der Waals surface area contributed by atoms with Crippen molar-refractivity contribution in [1.82, 2.24) is 14.9 Å². The molecule has 0 spiro atoms. The Morgan fingerprint density at radius 2 is 1.94 bits per heavy atom. The summed E-state index contributed by atoms with van der Waals surface area (Å²) in [5.41, 5.74) is 4.27. The van der Waals surface area contributed by atoms with Crippen LogP contribution >= 0.6 is 0 Å². The molecule has 1 unspecified atom stereocenters. The third-order valence-corrected chi connectivity index (χ3v) is 8.25. The highest BCUT2D eigenvalue weighted by Crippen LogP contribution is 2.44. The zero-order valence-corrected chi connectivity index (χ0v) is 20.8. The van der Waals surface area contributed by atoms with Gasteiger partial charge in [-0.3, -0.25) is 9.88 Å². The van der Waals surface area contributed by atoms with Gasteiger partial charge in [0.25, 0.3) is 0 Å². The number of benzene rings is 2. The van der Waals surface area contributed by atoms with Crippen LogP contribution in [0, 0.1) is 18.8 Å². The Kier molecular flexibility index (Phi) is 5.81. The lowest BCUT2D eigenvalue weighted by molar-refractivity contribution is -0.0492. The van der Waals surface area contributed by atoms with Crippen molar-refractivity contribution in [3.8, 4) is 11.6 Å². The molecule has 0 aliphatic carbocycles. The molecule has 3 saturated heterocycles. The Morgan fingerprint density at radius 3 is 2.74 bits per heavy atom. The minimum atomic E-state index is -0.138. The standard InChI is InChI=1S/C30H33N3O2/c1-4-20-18-33-14-12-21(20)16-28(33)30(24-11-13-31-26-10-9-22(34-3)17-25(24)26)35-29-15-19(2)23-7-5-6-8-27(23)32-29/h5-11,13,15,17,20-21,28,30H,4,12,14,16,18H2,1-3H3/t20-,21+,28-,30+/m1/s1. The smallest absolute Gasteiger partial charge is 0.214 e. The minimum absolute atomic E-state index is 0.138. The number of ether oxygens (including phenoxy) is 2. The van der Waals surface area contributed by atoms with Crippen LogP contribution in [0.3, 0.4) is 0 Å². The van der Waals surface area contributed by atoms with Gasteiger partial charge in [-0.2, -0.15) is 0 Å². The van der Waals surface area contributed by atoms with E-state index >= 15 is 0 Å². The lowest BCUT2D eigenvalue weighted by Crippen LogP contribution is -2.56.